The summed E-state index contributed by atoms with van der Waals surface area (Å²) in [5, 5.41) is 17.5. The predicted molar refractivity (Wildman–Crippen MR) is 103 cm³/mol. The van der Waals surface area contributed by atoms with Gasteiger partial charge in [0.15, 0.2) is 0 Å². The number of carbonyl (C=O) groups excluding carboxylic acids is 4. The SMILES string of the molecule is CC(=O)NC(C)C(=O)N1C[C@H]2[C@@H]([C@H]1C(=O)NC(C#N)C[C@@H]1CCNC1=O)C2(C)C. The van der Waals surface area contributed by atoms with Crippen molar-refractivity contribution < 1.29 is 19.2 Å². The molecule has 0 bridgehead atoms. The maximum atomic E-state index is 13.1. The molecule has 3 fully saturated rings. The summed E-state index contributed by atoms with van der Waals surface area (Å²) in [4.78, 5) is 50.6. The maximum Gasteiger partial charge on any atom is 0.245 e. The average molecular weight is 403 g/mol. The second-order valence-electron chi connectivity index (χ2n) is 9.01. The largest absolute Gasteiger partial charge is 0.356 e. The molecule has 2 aliphatic heterocycles. The smallest absolute Gasteiger partial charge is 0.245 e. The fraction of sp³-hybridized carbons (Fsp3) is 0.750. The van der Waals surface area contributed by atoms with Crippen molar-refractivity contribution in [3.8, 4) is 6.07 Å². The topological polar surface area (TPSA) is 131 Å². The Labute approximate surface area is 170 Å². The normalized spacial score (nSPS) is 31.1. The lowest BCUT2D eigenvalue weighted by Gasteiger charge is -2.32. The highest BCUT2D eigenvalue weighted by Crippen LogP contribution is 2.64. The van der Waals surface area contributed by atoms with Crippen LogP contribution in [0, 0.1) is 34.5 Å². The van der Waals surface area contributed by atoms with Crippen LogP contribution >= 0.6 is 0 Å². The fourth-order valence-corrected chi connectivity index (χ4v) is 4.98. The number of rotatable bonds is 6. The van der Waals surface area contributed by atoms with Crippen LogP contribution < -0.4 is 16.0 Å². The Morgan fingerprint density at radius 2 is 2.03 bits per heavy atom. The van der Waals surface area contributed by atoms with E-state index in [-0.39, 0.29) is 53.2 Å². The molecule has 9 heteroatoms. The standard InChI is InChI=1S/C20H29N5O4/c1-10(23-11(2)26)19(29)25-9-14-15(20(14,3)4)16(25)18(28)24-13(8-21)7-12-5-6-22-17(12)27/h10,12-16H,5-7,9H2,1-4H3,(H,22,27)(H,23,26)(H,24,28)/t10?,12-,13?,14-,15-,16-/m0/s1. The van der Waals surface area contributed by atoms with E-state index in [0.717, 1.165) is 0 Å². The van der Waals surface area contributed by atoms with Crippen molar-refractivity contribution in [3.05, 3.63) is 0 Å². The monoisotopic (exact) mass is 403 g/mol. The molecule has 158 valence electrons. The zero-order valence-electron chi connectivity index (χ0n) is 17.3. The number of piperidine rings is 1. The third-order valence-corrected chi connectivity index (χ3v) is 6.71. The van der Waals surface area contributed by atoms with Gasteiger partial charge in [-0.1, -0.05) is 13.8 Å². The zero-order valence-corrected chi connectivity index (χ0v) is 17.3. The van der Waals surface area contributed by atoms with Crippen LogP contribution in [0.4, 0.5) is 0 Å². The van der Waals surface area contributed by atoms with E-state index in [1.54, 1.807) is 6.92 Å². The zero-order chi connectivity index (χ0) is 21.5. The summed E-state index contributed by atoms with van der Waals surface area (Å²) in [7, 11) is 0. The highest BCUT2D eigenvalue weighted by molar-refractivity contribution is 5.93. The van der Waals surface area contributed by atoms with Crippen molar-refractivity contribution in [1.29, 1.82) is 5.26 Å². The minimum absolute atomic E-state index is 0.0186. The van der Waals surface area contributed by atoms with Crippen molar-refractivity contribution in [2.45, 2.75) is 58.7 Å². The summed E-state index contributed by atoms with van der Waals surface area (Å²) in [6, 6.07) is -0.115. The minimum atomic E-state index is -0.790. The Hall–Kier alpha value is -2.63. The summed E-state index contributed by atoms with van der Waals surface area (Å²) >= 11 is 0. The van der Waals surface area contributed by atoms with Crippen LogP contribution in [0.25, 0.3) is 0 Å². The van der Waals surface area contributed by atoms with Gasteiger partial charge in [0.05, 0.1) is 6.07 Å². The third kappa shape index (κ3) is 3.93. The molecule has 0 radical (unpaired) electrons. The molecule has 6 atom stereocenters. The van der Waals surface area contributed by atoms with E-state index < -0.39 is 18.1 Å². The number of nitriles is 1. The van der Waals surface area contributed by atoms with Crippen molar-refractivity contribution in [2.24, 2.45) is 23.2 Å². The van der Waals surface area contributed by atoms with Crippen molar-refractivity contribution in [3.63, 3.8) is 0 Å². The van der Waals surface area contributed by atoms with Gasteiger partial charge in [0.1, 0.15) is 18.1 Å². The highest BCUT2D eigenvalue weighted by Gasteiger charge is 2.69. The first kappa shape index (κ1) is 21.1. The lowest BCUT2D eigenvalue weighted by atomic mass is 9.97. The van der Waals surface area contributed by atoms with Gasteiger partial charge in [-0.25, -0.2) is 0 Å². The fourth-order valence-electron chi connectivity index (χ4n) is 4.98. The molecule has 3 rings (SSSR count). The number of amides is 4. The average Bonchev–Trinajstić information content (AvgIpc) is 3.02. The quantitative estimate of drug-likeness (QED) is 0.552. The number of likely N-dealkylation sites (tertiary alicyclic amines) is 1. The third-order valence-electron chi connectivity index (χ3n) is 6.71. The Morgan fingerprint density at radius 1 is 1.34 bits per heavy atom. The van der Waals surface area contributed by atoms with Crippen LogP contribution in [-0.2, 0) is 19.2 Å². The number of fused-ring (bicyclic) bond motifs is 1. The minimum Gasteiger partial charge on any atom is -0.356 e. The molecule has 4 amide bonds. The van der Waals surface area contributed by atoms with Gasteiger partial charge in [0.2, 0.25) is 23.6 Å². The van der Waals surface area contributed by atoms with Crippen LogP contribution in [0.15, 0.2) is 0 Å². The summed E-state index contributed by atoms with van der Waals surface area (Å²) in [5.74, 6) is -1.12. The predicted octanol–water partition coefficient (Wildman–Crippen LogP) is -0.471. The second-order valence-corrected chi connectivity index (χ2v) is 9.01. The first-order valence-corrected chi connectivity index (χ1v) is 10.1. The van der Waals surface area contributed by atoms with Gasteiger partial charge in [-0.2, -0.15) is 5.26 Å². The Kier molecular flexibility index (Phi) is 5.57. The van der Waals surface area contributed by atoms with Gasteiger partial charge >= 0.3 is 0 Å². The molecular formula is C20H29N5O4. The van der Waals surface area contributed by atoms with Crippen molar-refractivity contribution >= 4 is 23.6 Å². The van der Waals surface area contributed by atoms with Gasteiger partial charge in [0.25, 0.3) is 0 Å². The molecule has 2 saturated heterocycles. The van der Waals surface area contributed by atoms with Gasteiger partial charge < -0.3 is 20.9 Å². The van der Waals surface area contributed by atoms with E-state index in [2.05, 4.69) is 35.9 Å². The molecule has 29 heavy (non-hydrogen) atoms. The lowest BCUT2D eigenvalue weighted by Crippen LogP contribution is -2.56. The van der Waals surface area contributed by atoms with E-state index in [0.29, 0.717) is 19.5 Å². The van der Waals surface area contributed by atoms with Gasteiger partial charge in [-0.3, -0.25) is 19.2 Å². The van der Waals surface area contributed by atoms with Crippen LogP contribution in [0.5, 0.6) is 0 Å². The van der Waals surface area contributed by atoms with E-state index in [9.17, 15) is 24.4 Å². The van der Waals surface area contributed by atoms with Gasteiger partial charge in [0, 0.05) is 25.9 Å². The summed E-state index contributed by atoms with van der Waals surface area (Å²) < 4.78 is 0. The van der Waals surface area contributed by atoms with Crippen LogP contribution in [-0.4, -0.2) is 59.7 Å². The Bertz CT molecular complexity index is 773. The number of nitrogens with one attached hydrogen (secondary N) is 3. The van der Waals surface area contributed by atoms with E-state index >= 15 is 0 Å². The molecule has 0 spiro atoms. The number of nitrogens with zero attached hydrogens (tertiary/aromatic N) is 2. The number of carbonyl (C=O) groups is 4. The van der Waals surface area contributed by atoms with Crippen LogP contribution in [0.1, 0.15) is 40.5 Å². The first-order chi connectivity index (χ1) is 13.6. The molecule has 2 heterocycles. The Morgan fingerprint density at radius 3 is 2.59 bits per heavy atom. The first-order valence-electron chi connectivity index (χ1n) is 10.1. The molecule has 9 nitrogen and oxygen atoms in total. The molecule has 3 aliphatic rings. The van der Waals surface area contributed by atoms with E-state index in [1.807, 2.05) is 0 Å². The highest BCUT2D eigenvalue weighted by atomic mass is 16.2. The Balaban J connectivity index is 1.71. The molecule has 0 aromatic rings. The van der Waals surface area contributed by atoms with Gasteiger partial charge in [-0.05, 0) is 37.0 Å². The van der Waals surface area contributed by atoms with Gasteiger partial charge in [-0.15, -0.1) is 0 Å². The second kappa shape index (κ2) is 7.65. The lowest BCUT2D eigenvalue weighted by molar-refractivity contribution is -0.142. The number of hydrogen-bond acceptors (Lipinski definition) is 5. The summed E-state index contributed by atoms with van der Waals surface area (Å²) in [5.41, 5.74) is -0.0521. The van der Waals surface area contributed by atoms with Crippen molar-refractivity contribution in [1.82, 2.24) is 20.9 Å². The summed E-state index contributed by atoms with van der Waals surface area (Å²) in [6.07, 6.45) is 0.904. The van der Waals surface area contributed by atoms with Crippen LogP contribution in [0.3, 0.4) is 0 Å². The van der Waals surface area contributed by atoms with Crippen LogP contribution in [0.2, 0.25) is 0 Å². The van der Waals surface area contributed by atoms with E-state index in [4.69, 9.17) is 0 Å². The molecule has 0 aromatic carbocycles. The molecule has 0 aromatic heterocycles. The molecular weight excluding hydrogens is 374 g/mol. The number of hydrogen-bond donors (Lipinski definition) is 3. The van der Waals surface area contributed by atoms with E-state index in [1.165, 1.54) is 11.8 Å². The molecule has 1 saturated carbocycles. The molecule has 2 unspecified atom stereocenters. The summed E-state index contributed by atoms with van der Waals surface area (Å²) in [6.45, 7) is 8.14. The maximum absolute atomic E-state index is 13.1. The molecule has 1 aliphatic carbocycles. The van der Waals surface area contributed by atoms with Crippen molar-refractivity contribution in [2.75, 3.05) is 13.1 Å². The molecule has 3 N–H and O–H groups in total.